The number of carbonyl (C=O) groups is 2. The minimum absolute atomic E-state index is 0.133. The third-order valence-corrected chi connectivity index (χ3v) is 5.81. The van der Waals surface area contributed by atoms with Crippen molar-refractivity contribution in [3.63, 3.8) is 0 Å². The molecule has 1 aliphatic carbocycles. The van der Waals surface area contributed by atoms with Crippen LogP contribution in [0.2, 0.25) is 0 Å². The fraction of sp³-hybridized carbons (Fsp3) is 0.450. The molecule has 144 valence electrons. The monoisotopic (exact) mass is 388 g/mol. The summed E-state index contributed by atoms with van der Waals surface area (Å²) in [5.74, 6) is 1.23. The van der Waals surface area contributed by atoms with Gasteiger partial charge in [0, 0.05) is 22.3 Å². The lowest BCUT2D eigenvalue weighted by Gasteiger charge is -2.13. The third kappa shape index (κ3) is 5.13. The first-order chi connectivity index (χ1) is 13.0. The van der Waals surface area contributed by atoms with Crippen LogP contribution in [0, 0.1) is 19.8 Å². The van der Waals surface area contributed by atoms with Crippen molar-refractivity contribution in [3.05, 3.63) is 46.8 Å². The first-order valence-corrected chi connectivity index (χ1v) is 10.0. The van der Waals surface area contributed by atoms with E-state index in [1.54, 1.807) is 12.1 Å². The Labute approximate surface area is 163 Å². The molecule has 0 radical (unpaired) electrons. The summed E-state index contributed by atoms with van der Waals surface area (Å²) in [5, 5.41) is 6.83. The van der Waals surface area contributed by atoms with Gasteiger partial charge in [0.25, 0.3) is 5.91 Å². The number of aryl methyl sites for hydroxylation is 2. The molecule has 0 saturated heterocycles. The van der Waals surface area contributed by atoms with E-state index in [0.717, 1.165) is 34.8 Å². The van der Waals surface area contributed by atoms with Crippen LogP contribution in [0.1, 0.15) is 47.1 Å². The Kier molecular flexibility index (Phi) is 6.21. The number of hydrogen-bond donors (Lipinski definition) is 1. The number of aromatic nitrogens is 1. The highest BCUT2D eigenvalue weighted by Crippen LogP contribution is 2.32. The Morgan fingerprint density at radius 3 is 2.74 bits per heavy atom. The normalized spacial score (nSPS) is 14.6. The Hall–Kier alpha value is -2.28. The predicted octanol–water partition coefficient (Wildman–Crippen LogP) is 3.66. The minimum Gasteiger partial charge on any atom is -0.452 e. The zero-order chi connectivity index (χ0) is 19.4. The zero-order valence-corrected chi connectivity index (χ0v) is 16.6. The van der Waals surface area contributed by atoms with Gasteiger partial charge in [-0.25, -0.2) is 4.79 Å². The van der Waals surface area contributed by atoms with E-state index in [1.165, 1.54) is 11.8 Å². The van der Waals surface area contributed by atoms with Gasteiger partial charge >= 0.3 is 5.97 Å². The van der Waals surface area contributed by atoms with Crippen molar-refractivity contribution in [2.24, 2.45) is 5.92 Å². The first-order valence-electron chi connectivity index (χ1n) is 9.05. The van der Waals surface area contributed by atoms with Crippen molar-refractivity contribution in [1.29, 1.82) is 0 Å². The van der Waals surface area contributed by atoms with Crippen LogP contribution in [0.3, 0.4) is 0 Å². The summed E-state index contributed by atoms with van der Waals surface area (Å²) < 4.78 is 10.4. The summed E-state index contributed by atoms with van der Waals surface area (Å²) in [5.41, 5.74) is 2.33. The lowest BCUT2D eigenvalue weighted by atomic mass is 10.2. The second-order valence-electron chi connectivity index (χ2n) is 6.86. The molecule has 27 heavy (non-hydrogen) atoms. The number of ether oxygens (including phenoxy) is 1. The van der Waals surface area contributed by atoms with E-state index < -0.39 is 5.97 Å². The molecule has 0 aliphatic heterocycles. The molecule has 1 fully saturated rings. The number of hydrogen-bond acceptors (Lipinski definition) is 6. The number of rotatable bonds is 8. The molecule has 1 heterocycles. The lowest BCUT2D eigenvalue weighted by Crippen LogP contribution is -2.37. The molecule has 2 aromatic rings. The lowest BCUT2D eigenvalue weighted by molar-refractivity contribution is -0.125. The van der Waals surface area contributed by atoms with Gasteiger partial charge < -0.3 is 14.6 Å². The van der Waals surface area contributed by atoms with Gasteiger partial charge in [0.1, 0.15) is 5.76 Å². The average molecular weight is 388 g/mol. The Morgan fingerprint density at radius 1 is 1.33 bits per heavy atom. The highest BCUT2D eigenvalue weighted by Gasteiger charge is 2.29. The highest BCUT2D eigenvalue weighted by molar-refractivity contribution is 7.98. The smallest absolute Gasteiger partial charge is 0.339 e. The largest absolute Gasteiger partial charge is 0.452 e. The maximum atomic E-state index is 12.5. The van der Waals surface area contributed by atoms with Crippen molar-refractivity contribution in [2.45, 2.75) is 50.3 Å². The van der Waals surface area contributed by atoms with Crippen LogP contribution in [-0.2, 0) is 15.3 Å². The van der Waals surface area contributed by atoms with Crippen molar-refractivity contribution in [1.82, 2.24) is 10.5 Å². The van der Waals surface area contributed by atoms with Gasteiger partial charge in [-0.2, -0.15) is 0 Å². The molecule has 3 rings (SSSR count). The highest BCUT2D eigenvalue weighted by atomic mass is 32.2. The van der Waals surface area contributed by atoms with E-state index >= 15 is 0 Å². The second kappa shape index (κ2) is 8.61. The van der Waals surface area contributed by atoms with Crippen LogP contribution in [0.15, 0.2) is 33.7 Å². The van der Waals surface area contributed by atoms with E-state index in [-0.39, 0.29) is 18.6 Å². The van der Waals surface area contributed by atoms with E-state index in [4.69, 9.17) is 9.26 Å². The molecular formula is C20H24N2O4S. The van der Waals surface area contributed by atoms with Gasteiger partial charge in [-0.3, -0.25) is 4.79 Å². The Morgan fingerprint density at radius 2 is 2.07 bits per heavy atom. The number of benzene rings is 1. The standard InChI is InChI=1S/C20H24N2O4S/c1-12(15-8-9-15)21-19(23)10-25-20(24)16-6-4-5-7-18(16)27-11-17-13(2)22-26-14(17)3/h4-7,12,15H,8-11H2,1-3H3,(H,21,23)/t12-/m1/s1. The van der Waals surface area contributed by atoms with Crippen LogP contribution in [0.25, 0.3) is 0 Å². The molecule has 1 amide bonds. The third-order valence-electron chi connectivity index (χ3n) is 4.71. The quantitative estimate of drug-likeness (QED) is 0.549. The fourth-order valence-electron chi connectivity index (χ4n) is 2.84. The van der Waals surface area contributed by atoms with Gasteiger partial charge in [-0.05, 0) is 51.7 Å². The van der Waals surface area contributed by atoms with Gasteiger partial charge in [0.05, 0.1) is 11.3 Å². The molecule has 1 atom stereocenters. The van der Waals surface area contributed by atoms with E-state index in [2.05, 4.69) is 10.5 Å². The van der Waals surface area contributed by atoms with Crippen LogP contribution in [0.4, 0.5) is 0 Å². The molecule has 6 nitrogen and oxygen atoms in total. The maximum absolute atomic E-state index is 12.5. The molecule has 7 heteroatoms. The number of esters is 1. The van der Waals surface area contributed by atoms with E-state index in [9.17, 15) is 9.59 Å². The molecule has 0 spiro atoms. The van der Waals surface area contributed by atoms with Crippen LogP contribution in [-0.4, -0.2) is 29.7 Å². The van der Waals surface area contributed by atoms with Crippen LogP contribution in [0.5, 0.6) is 0 Å². The average Bonchev–Trinajstić information content (AvgIpc) is 3.45. The van der Waals surface area contributed by atoms with Crippen molar-refractivity contribution >= 4 is 23.6 Å². The molecule has 1 aromatic carbocycles. The molecule has 1 aliphatic rings. The summed E-state index contributed by atoms with van der Waals surface area (Å²) in [4.78, 5) is 25.2. The summed E-state index contributed by atoms with van der Waals surface area (Å²) in [6.07, 6.45) is 2.30. The van der Waals surface area contributed by atoms with Crippen molar-refractivity contribution in [3.8, 4) is 0 Å². The SMILES string of the molecule is Cc1noc(C)c1CSc1ccccc1C(=O)OCC(=O)N[C@H](C)C1CC1. The molecule has 1 aromatic heterocycles. The van der Waals surface area contributed by atoms with Gasteiger partial charge in [0.15, 0.2) is 6.61 Å². The molecule has 1 saturated carbocycles. The molecule has 1 N–H and O–H groups in total. The molecule has 0 unspecified atom stereocenters. The first kappa shape index (κ1) is 19.5. The fourth-order valence-corrected chi connectivity index (χ4v) is 4.03. The van der Waals surface area contributed by atoms with Gasteiger partial charge in [-0.1, -0.05) is 17.3 Å². The summed E-state index contributed by atoms with van der Waals surface area (Å²) in [7, 11) is 0. The summed E-state index contributed by atoms with van der Waals surface area (Å²) in [6.45, 7) is 5.49. The summed E-state index contributed by atoms with van der Waals surface area (Å²) in [6, 6.07) is 7.37. The van der Waals surface area contributed by atoms with Gasteiger partial charge in [-0.15, -0.1) is 11.8 Å². The summed E-state index contributed by atoms with van der Waals surface area (Å²) >= 11 is 1.52. The number of thioether (sulfide) groups is 1. The van der Waals surface area contributed by atoms with E-state index in [0.29, 0.717) is 17.2 Å². The predicted molar refractivity (Wildman–Crippen MR) is 103 cm³/mol. The van der Waals surface area contributed by atoms with E-state index in [1.807, 2.05) is 32.9 Å². The topological polar surface area (TPSA) is 81.4 Å². The Bertz CT molecular complexity index is 810. The molecular weight excluding hydrogens is 364 g/mol. The second-order valence-corrected chi connectivity index (χ2v) is 7.87. The maximum Gasteiger partial charge on any atom is 0.339 e. The number of nitrogens with one attached hydrogen (secondary N) is 1. The molecule has 0 bridgehead atoms. The number of amides is 1. The number of nitrogens with zero attached hydrogens (tertiary/aromatic N) is 1. The Balaban J connectivity index is 1.57. The van der Waals surface area contributed by atoms with Crippen LogP contribution < -0.4 is 5.32 Å². The zero-order valence-electron chi connectivity index (χ0n) is 15.8. The minimum atomic E-state index is -0.494. The number of carbonyl (C=O) groups excluding carboxylic acids is 2. The van der Waals surface area contributed by atoms with Crippen molar-refractivity contribution < 1.29 is 18.8 Å². The van der Waals surface area contributed by atoms with Crippen LogP contribution >= 0.6 is 11.8 Å². The van der Waals surface area contributed by atoms with Gasteiger partial charge in [0.2, 0.25) is 0 Å². The van der Waals surface area contributed by atoms with Crippen molar-refractivity contribution in [2.75, 3.05) is 6.61 Å².